The Bertz CT molecular complexity index is 739. The van der Waals surface area contributed by atoms with E-state index in [1.165, 1.54) is 18.2 Å². The normalized spacial score (nSPS) is 17.8. The Hall–Kier alpha value is -1.67. The van der Waals surface area contributed by atoms with Crippen LogP contribution in [0, 0.1) is 5.82 Å². The van der Waals surface area contributed by atoms with Crippen LogP contribution in [-0.4, -0.2) is 46.5 Å². The monoisotopic (exact) mass is 387 g/mol. The molecule has 25 heavy (non-hydrogen) atoms. The Morgan fingerprint density at radius 2 is 2.32 bits per heavy atom. The number of benzene rings is 1. The molecule has 2 N–H and O–H groups in total. The Balaban J connectivity index is 0.00000225. The minimum Gasteiger partial charge on any atom is -0.337 e. The van der Waals surface area contributed by atoms with Gasteiger partial charge in [-0.15, -0.1) is 12.4 Å². The molecule has 1 unspecified atom stereocenters. The lowest BCUT2D eigenvalue weighted by atomic mass is 10.1. The molecule has 2 aromatic rings. The predicted octanol–water partition coefficient (Wildman–Crippen LogP) is 2.22. The first-order valence-electron chi connectivity index (χ1n) is 7.71. The lowest BCUT2D eigenvalue weighted by Gasteiger charge is -2.35. The molecule has 2 heterocycles. The number of hydrogen-bond acceptors (Lipinski definition) is 4. The fraction of sp³-hybridized carbons (Fsp3) is 0.375. The van der Waals surface area contributed by atoms with Crippen LogP contribution in [0.3, 0.4) is 0 Å². The van der Waals surface area contributed by atoms with Crippen molar-refractivity contribution in [2.45, 2.75) is 6.04 Å². The number of rotatable bonds is 4. The zero-order valence-corrected chi connectivity index (χ0v) is 15.3. The quantitative estimate of drug-likeness (QED) is 0.844. The van der Waals surface area contributed by atoms with Crippen molar-refractivity contribution in [1.82, 2.24) is 19.8 Å². The summed E-state index contributed by atoms with van der Waals surface area (Å²) in [5, 5.41) is 6.28. The van der Waals surface area contributed by atoms with Gasteiger partial charge in [0.2, 0.25) is 5.91 Å². The zero-order valence-electron chi connectivity index (χ0n) is 13.7. The Morgan fingerprint density at radius 3 is 3.04 bits per heavy atom. The van der Waals surface area contributed by atoms with Gasteiger partial charge < -0.3 is 15.2 Å². The molecule has 1 amide bonds. The molecular weight excluding hydrogens is 368 g/mol. The van der Waals surface area contributed by atoms with E-state index in [-0.39, 0.29) is 36.6 Å². The standard InChI is InChI=1S/C16H19ClFN5O.ClH/c1-22-6-5-20-16(22)14-9-19-4-7-23(14)10-15(24)21-13-8-11(17)2-3-12(13)18;/h2-3,5-6,8,14,19H,4,7,9-10H2,1H3,(H,21,24);1H. The molecule has 0 bridgehead atoms. The number of carbonyl (C=O) groups excluding carboxylic acids is 1. The van der Waals surface area contributed by atoms with Gasteiger partial charge in [0.1, 0.15) is 11.6 Å². The number of nitrogens with one attached hydrogen (secondary N) is 2. The third kappa shape index (κ3) is 4.70. The second-order valence-corrected chi connectivity index (χ2v) is 6.20. The highest BCUT2D eigenvalue weighted by atomic mass is 35.5. The third-order valence-corrected chi connectivity index (χ3v) is 4.30. The number of aryl methyl sites for hydroxylation is 1. The molecule has 9 heteroatoms. The van der Waals surface area contributed by atoms with Crippen molar-refractivity contribution in [1.29, 1.82) is 0 Å². The van der Waals surface area contributed by atoms with E-state index in [1.54, 1.807) is 6.20 Å². The summed E-state index contributed by atoms with van der Waals surface area (Å²) in [7, 11) is 1.93. The number of aromatic nitrogens is 2. The average Bonchev–Trinajstić information content (AvgIpc) is 2.97. The van der Waals surface area contributed by atoms with Crippen LogP contribution in [0.5, 0.6) is 0 Å². The molecular formula is C16H20Cl2FN5O. The molecule has 1 aromatic heterocycles. The number of nitrogens with zero attached hydrogens (tertiary/aromatic N) is 3. The molecule has 1 aliphatic rings. The van der Waals surface area contributed by atoms with Gasteiger partial charge in [-0.2, -0.15) is 0 Å². The van der Waals surface area contributed by atoms with E-state index in [0.29, 0.717) is 18.1 Å². The molecule has 1 saturated heterocycles. The summed E-state index contributed by atoms with van der Waals surface area (Å²) in [6.07, 6.45) is 3.62. The first-order valence-corrected chi connectivity index (χ1v) is 8.09. The molecule has 6 nitrogen and oxygen atoms in total. The second-order valence-electron chi connectivity index (χ2n) is 5.76. The molecule has 0 aliphatic carbocycles. The molecule has 0 spiro atoms. The highest BCUT2D eigenvalue weighted by Crippen LogP contribution is 2.22. The summed E-state index contributed by atoms with van der Waals surface area (Å²) in [5.74, 6) is 0.106. The van der Waals surface area contributed by atoms with Crippen LogP contribution in [0.15, 0.2) is 30.6 Å². The van der Waals surface area contributed by atoms with Gasteiger partial charge in [0.05, 0.1) is 18.3 Å². The van der Waals surface area contributed by atoms with Gasteiger partial charge in [-0.1, -0.05) is 11.6 Å². The van der Waals surface area contributed by atoms with Gasteiger partial charge in [0.15, 0.2) is 0 Å². The highest BCUT2D eigenvalue weighted by Gasteiger charge is 2.28. The van der Waals surface area contributed by atoms with E-state index in [4.69, 9.17) is 11.6 Å². The molecule has 1 atom stereocenters. The number of halogens is 3. The number of piperazine rings is 1. The van der Waals surface area contributed by atoms with E-state index in [0.717, 1.165) is 12.4 Å². The van der Waals surface area contributed by atoms with E-state index in [9.17, 15) is 9.18 Å². The predicted molar refractivity (Wildman–Crippen MR) is 97.7 cm³/mol. The van der Waals surface area contributed by atoms with Crippen LogP contribution in [-0.2, 0) is 11.8 Å². The van der Waals surface area contributed by atoms with Crippen molar-refractivity contribution in [3.05, 3.63) is 47.3 Å². The summed E-state index contributed by atoms with van der Waals surface area (Å²) >= 11 is 5.85. The van der Waals surface area contributed by atoms with Crippen LogP contribution in [0.1, 0.15) is 11.9 Å². The first kappa shape index (κ1) is 19.7. The maximum absolute atomic E-state index is 13.8. The molecule has 1 aromatic carbocycles. The lowest BCUT2D eigenvalue weighted by Crippen LogP contribution is -2.49. The topological polar surface area (TPSA) is 62.2 Å². The zero-order chi connectivity index (χ0) is 17.1. The molecule has 136 valence electrons. The summed E-state index contributed by atoms with van der Waals surface area (Å²) in [5.41, 5.74) is 0.0937. The molecule has 0 saturated carbocycles. The van der Waals surface area contributed by atoms with Crippen molar-refractivity contribution in [3.8, 4) is 0 Å². The average molecular weight is 388 g/mol. The van der Waals surface area contributed by atoms with E-state index < -0.39 is 5.82 Å². The van der Waals surface area contributed by atoms with Crippen LogP contribution in [0.25, 0.3) is 0 Å². The van der Waals surface area contributed by atoms with Crippen molar-refractivity contribution in [2.75, 3.05) is 31.5 Å². The highest BCUT2D eigenvalue weighted by molar-refractivity contribution is 6.30. The summed E-state index contributed by atoms with van der Waals surface area (Å²) < 4.78 is 15.7. The van der Waals surface area contributed by atoms with Crippen LogP contribution < -0.4 is 10.6 Å². The maximum atomic E-state index is 13.8. The van der Waals surface area contributed by atoms with E-state index >= 15 is 0 Å². The molecule has 0 radical (unpaired) electrons. The third-order valence-electron chi connectivity index (χ3n) is 4.06. The first-order chi connectivity index (χ1) is 11.5. The number of anilines is 1. The van der Waals surface area contributed by atoms with Gasteiger partial charge in [-0.3, -0.25) is 9.69 Å². The summed E-state index contributed by atoms with van der Waals surface area (Å²) in [6.45, 7) is 2.37. The number of carbonyl (C=O) groups is 1. The number of hydrogen-bond donors (Lipinski definition) is 2. The van der Waals surface area contributed by atoms with Gasteiger partial charge >= 0.3 is 0 Å². The fourth-order valence-electron chi connectivity index (χ4n) is 2.86. The van der Waals surface area contributed by atoms with Gasteiger partial charge in [0.25, 0.3) is 0 Å². The minimum absolute atomic E-state index is 0. The Kier molecular flexibility index (Phi) is 6.78. The minimum atomic E-state index is -0.506. The Morgan fingerprint density at radius 1 is 1.52 bits per heavy atom. The van der Waals surface area contributed by atoms with Gasteiger partial charge in [-0.05, 0) is 18.2 Å². The number of amides is 1. The van der Waals surface area contributed by atoms with Crippen LogP contribution in [0.4, 0.5) is 10.1 Å². The van der Waals surface area contributed by atoms with Gasteiger partial charge in [0, 0.05) is 44.1 Å². The Labute approximate surface area is 156 Å². The van der Waals surface area contributed by atoms with Crippen molar-refractivity contribution < 1.29 is 9.18 Å². The molecule has 1 fully saturated rings. The second kappa shape index (κ2) is 8.62. The molecule has 3 rings (SSSR count). The smallest absolute Gasteiger partial charge is 0.238 e. The van der Waals surface area contributed by atoms with Crippen molar-refractivity contribution in [2.24, 2.45) is 7.05 Å². The lowest BCUT2D eigenvalue weighted by molar-refractivity contribution is -0.118. The summed E-state index contributed by atoms with van der Waals surface area (Å²) in [6, 6.07) is 4.08. The molecule has 1 aliphatic heterocycles. The van der Waals surface area contributed by atoms with Gasteiger partial charge in [-0.25, -0.2) is 9.37 Å². The summed E-state index contributed by atoms with van der Waals surface area (Å²) in [4.78, 5) is 18.8. The maximum Gasteiger partial charge on any atom is 0.238 e. The van der Waals surface area contributed by atoms with Crippen LogP contribution in [0.2, 0.25) is 5.02 Å². The van der Waals surface area contributed by atoms with E-state index in [1.807, 2.05) is 22.7 Å². The van der Waals surface area contributed by atoms with Crippen molar-refractivity contribution >= 4 is 35.6 Å². The SMILES string of the molecule is Cl.Cn1ccnc1C1CNCCN1CC(=O)Nc1cc(Cl)ccc1F. The number of imidazole rings is 1. The van der Waals surface area contributed by atoms with Crippen LogP contribution >= 0.6 is 24.0 Å². The fourth-order valence-corrected chi connectivity index (χ4v) is 3.03. The largest absolute Gasteiger partial charge is 0.337 e. The van der Waals surface area contributed by atoms with Crippen molar-refractivity contribution in [3.63, 3.8) is 0 Å². The van der Waals surface area contributed by atoms with E-state index in [2.05, 4.69) is 15.6 Å².